The molecule has 0 saturated heterocycles. The lowest BCUT2D eigenvalue weighted by Crippen LogP contribution is -2.39. The maximum Gasteiger partial charge on any atom is 0.160 e. The van der Waals surface area contributed by atoms with Crippen molar-refractivity contribution in [3.63, 3.8) is 0 Å². The van der Waals surface area contributed by atoms with Crippen molar-refractivity contribution in [1.82, 2.24) is 9.97 Å². The molecule has 2 N–H and O–H groups in total. The molecule has 0 aliphatic heterocycles. The Morgan fingerprint density at radius 3 is 2.43 bits per heavy atom. The van der Waals surface area contributed by atoms with Gasteiger partial charge in [-0.15, -0.1) is 0 Å². The van der Waals surface area contributed by atoms with E-state index >= 15 is 0 Å². The molecule has 1 heterocycles. The van der Waals surface area contributed by atoms with E-state index in [1.807, 2.05) is 13.0 Å². The van der Waals surface area contributed by atoms with Crippen LogP contribution in [0.5, 0.6) is 0 Å². The average Bonchev–Trinajstić information content (AvgIpc) is 2.41. The lowest BCUT2D eigenvalue weighted by Gasteiger charge is -2.42. The highest BCUT2D eigenvalue weighted by molar-refractivity contribution is 5.16. The predicted molar refractivity (Wildman–Crippen MR) is 85.1 cm³/mol. The summed E-state index contributed by atoms with van der Waals surface area (Å²) in [6.45, 7) is 10.1. The van der Waals surface area contributed by atoms with Crippen LogP contribution >= 0.6 is 0 Å². The monoisotopic (exact) mass is 291 g/mol. The van der Waals surface area contributed by atoms with Gasteiger partial charge in [-0.2, -0.15) is 0 Å². The molecule has 2 rings (SSSR count). The second-order valence-corrected chi connectivity index (χ2v) is 6.95. The number of nitrogens with two attached hydrogens (primary N) is 1. The summed E-state index contributed by atoms with van der Waals surface area (Å²) in [5, 5.41) is 0. The van der Waals surface area contributed by atoms with Crippen LogP contribution in [0.3, 0.4) is 0 Å². The summed E-state index contributed by atoms with van der Waals surface area (Å²) >= 11 is 0. The summed E-state index contributed by atoms with van der Waals surface area (Å²) in [6.07, 6.45) is 5.09. The lowest BCUT2D eigenvalue weighted by molar-refractivity contribution is -0.0949. The van der Waals surface area contributed by atoms with E-state index in [9.17, 15) is 0 Å². The molecule has 1 fully saturated rings. The number of hydrogen-bond acceptors (Lipinski definition) is 4. The number of nitrogens with zero attached hydrogens (tertiary/aromatic N) is 2. The number of aromatic nitrogens is 2. The topological polar surface area (TPSA) is 61.0 Å². The fourth-order valence-electron chi connectivity index (χ4n) is 3.15. The standard InChI is InChI=1S/C17H29N3O/c1-5-21-17(9-7-16(3,4)8-10-17)15-19-13(2)12-14(20-15)6-11-18/h12H,5-11,18H2,1-4H3. The zero-order valence-electron chi connectivity index (χ0n) is 13.9. The quantitative estimate of drug-likeness (QED) is 0.905. The largest absolute Gasteiger partial charge is 0.367 e. The van der Waals surface area contributed by atoms with Crippen molar-refractivity contribution in [3.8, 4) is 0 Å². The molecular weight excluding hydrogens is 262 g/mol. The second-order valence-electron chi connectivity index (χ2n) is 6.95. The van der Waals surface area contributed by atoms with Crippen LogP contribution in [-0.2, 0) is 16.8 Å². The van der Waals surface area contributed by atoms with Gasteiger partial charge in [-0.25, -0.2) is 9.97 Å². The molecule has 21 heavy (non-hydrogen) atoms. The maximum absolute atomic E-state index is 6.18. The van der Waals surface area contributed by atoms with Crippen LogP contribution < -0.4 is 5.73 Å². The van der Waals surface area contributed by atoms with Gasteiger partial charge in [0.2, 0.25) is 0 Å². The molecule has 0 unspecified atom stereocenters. The van der Waals surface area contributed by atoms with Crippen LogP contribution in [0.1, 0.15) is 63.7 Å². The fraction of sp³-hybridized carbons (Fsp3) is 0.765. The minimum Gasteiger partial charge on any atom is -0.367 e. The summed E-state index contributed by atoms with van der Waals surface area (Å²) in [5.41, 5.74) is 7.80. The van der Waals surface area contributed by atoms with Gasteiger partial charge in [0.15, 0.2) is 5.82 Å². The van der Waals surface area contributed by atoms with Crippen LogP contribution in [0.25, 0.3) is 0 Å². The first-order valence-corrected chi connectivity index (χ1v) is 8.10. The van der Waals surface area contributed by atoms with Gasteiger partial charge in [0.25, 0.3) is 0 Å². The molecule has 4 heteroatoms. The number of aryl methyl sites for hydroxylation is 1. The van der Waals surface area contributed by atoms with Crippen LogP contribution in [0.15, 0.2) is 6.07 Å². The van der Waals surface area contributed by atoms with E-state index in [2.05, 4.69) is 20.8 Å². The second kappa shape index (κ2) is 6.41. The van der Waals surface area contributed by atoms with Gasteiger partial charge in [0.1, 0.15) is 5.60 Å². The van der Waals surface area contributed by atoms with Crippen molar-refractivity contribution in [1.29, 1.82) is 0 Å². The number of rotatable bonds is 5. The molecule has 0 bridgehead atoms. The van der Waals surface area contributed by atoms with E-state index in [4.69, 9.17) is 20.4 Å². The first-order valence-electron chi connectivity index (χ1n) is 8.10. The first-order chi connectivity index (χ1) is 9.91. The van der Waals surface area contributed by atoms with Crippen LogP contribution in [0.4, 0.5) is 0 Å². The fourth-order valence-corrected chi connectivity index (χ4v) is 3.15. The highest BCUT2D eigenvalue weighted by Crippen LogP contribution is 2.46. The minimum absolute atomic E-state index is 0.306. The summed E-state index contributed by atoms with van der Waals surface area (Å²) in [6, 6.07) is 2.03. The Kier molecular flexibility index (Phi) is 4.99. The highest BCUT2D eigenvalue weighted by atomic mass is 16.5. The SMILES string of the molecule is CCOC1(c2nc(C)cc(CCN)n2)CCC(C)(C)CC1. The van der Waals surface area contributed by atoms with E-state index in [0.717, 1.165) is 49.3 Å². The van der Waals surface area contributed by atoms with Crippen molar-refractivity contribution in [2.45, 2.75) is 65.4 Å². The molecular formula is C17H29N3O. The average molecular weight is 291 g/mol. The van der Waals surface area contributed by atoms with Gasteiger partial charge >= 0.3 is 0 Å². The maximum atomic E-state index is 6.18. The van der Waals surface area contributed by atoms with Gasteiger partial charge in [0.05, 0.1) is 0 Å². The highest BCUT2D eigenvalue weighted by Gasteiger charge is 2.42. The van der Waals surface area contributed by atoms with Gasteiger partial charge in [-0.1, -0.05) is 13.8 Å². The van der Waals surface area contributed by atoms with Crippen molar-refractivity contribution in [3.05, 3.63) is 23.3 Å². The van der Waals surface area contributed by atoms with Crippen LogP contribution in [-0.4, -0.2) is 23.1 Å². The van der Waals surface area contributed by atoms with Crippen LogP contribution in [0.2, 0.25) is 0 Å². The van der Waals surface area contributed by atoms with Gasteiger partial charge in [-0.05, 0) is 57.6 Å². The van der Waals surface area contributed by atoms with Crippen molar-refractivity contribution in [2.75, 3.05) is 13.2 Å². The van der Waals surface area contributed by atoms with Gasteiger partial charge in [-0.3, -0.25) is 0 Å². The van der Waals surface area contributed by atoms with E-state index in [1.165, 1.54) is 0 Å². The van der Waals surface area contributed by atoms with Gasteiger partial charge in [0, 0.05) is 24.4 Å². The molecule has 0 aromatic carbocycles. The molecule has 1 aromatic rings. The van der Waals surface area contributed by atoms with E-state index in [0.29, 0.717) is 18.6 Å². The molecule has 4 nitrogen and oxygen atoms in total. The first kappa shape index (κ1) is 16.4. The Hall–Kier alpha value is -1.00. The smallest absolute Gasteiger partial charge is 0.160 e. The zero-order chi connectivity index (χ0) is 15.5. The normalized spacial score (nSPS) is 20.4. The van der Waals surface area contributed by atoms with Crippen molar-refractivity contribution in [2.24, 2.45) is 11.1 Å². The zero-order valence-corrected chi connectivity index (χ0v) is 13.9. The third-order valence-corrected chi connectivity index (χ3v) is 4.55. The third kappa shape index (κ3) is 3.80. The molecule has 1 aromatic heterocycles. The number of ether oxygens (including phenoxy) is 1. The van der Waals surface area contributed by atoms with Crippen LogP contribution in [0, 0.1) is 12.3 Å². The van der Waals surface area contributed by atoms with E-state index < -0.39 is 0 Å². The Morgan fingerprint density at radius 2 is 1.86 bits per heavy atom. The molecule has 0 amide bonds. The molecule has 0 atom stereocenters. The van der Waals surface area contributed by atoms with Crippen molar-refractivity contribution < 1.29 is 4.74 Å². The lowest BCUT2D eigenvalue weighted by atomic mass is 9.70. The molecule has 1 aliphatic rings. The van der Waals surface area contributed by atoms with E-state index in [1.54, 1.807) is 0 Å². The summed E-state index contributed by atoms with van der Waals surface area (Å²) in [7, 11) is 0. The molecule has 0 spiro atoms. The summed E-state index contributed by atoms with van der Waals surface area (Å²) in [5.74, 6) is 0.864. The van der Waals surface area contributed by atoms with Gasteiger partial charge < -0.3 is 10.5 Å². The van der Waals surface area contributed by atoms with Crippen molar-refractivity contribution >= 4 is 0 Å². The number of hydrogen-bond donors (Lipinski definition) is 1. The van der Waals surface area contributed by atoms with E-state index in [-0.39, 0.29) is 5.60 Å². The summed E-state index contributed by atoms with van der Waals surface area (Å²) < 4.78 is 6.18. The summed E-state index contributed by atoms with van der Waals surface area (Å²) in [4.78, 5) is 9.47. The Balaban J connectivity index is 2.34. The Bertz CT molecular complexity index is 475. The minimum atomic E-state index is -0.306. The molecule has 1 aliphatic carbocycles. The molecule has 1 saturated carbocycles. The molecule has 0 radical (unpaired) electrons. The Labute approximate surface area is 128 Å². The predicted octanol–water partition coefficient (Wildman–Crippen LogP) is 3.12. The Morgan fingerprint density at radius 1 is 1.19 bits per heavy atom. The third-order valence-electron chi connectivity index (χ3n) is 4.55. The molecule has 118 valence electrons.